The first-order valence-corrected chi connectivity index (χ1v) is 7.42. The van der Waals surface area contributed by atoms with Gasteiger partial charge in [-0.1, -0.05) is 32.9 Å². The highest BCUT2D eigenvalue weighted by atomic mass is 16.5. The van der Waals surface area contributed by atoms with Crippen LogP contribution < -0.4 is 10.1 Å². The molecule has 2 unspecified atom stereocenters. The van der Waals surface area contributed by atoms with Crippen molar-refractivity contribution in [1.29, 1.82) is 0 Å². The van der Waals surface area contributed by atoms with Gasteiger partial charge in [-0.2, -0.15) is 0 Å². The molecule has 0 aliphatic heterocycles. The normalized spacial score (nSPS) is 13.9. The number of rotatable bonds is 6. The molecule has 0 aliphatic carbocycles. The third-order valence-electron chi connectivity index (χ3n) is 3.47. The molecule has 0 spiro atoms. The fraction of sp³-hybridized carbons (Fsp3) is 0.588. The van der Waals surface area contributed by atoms with E-state index >= 15 is 0 Å². The molecule has 1 aromatic carbocycles. The van der Waals surface area contributed by atoms with Gasteiger partial charge in [0, 0.05) is 6.04 Å². The first-order valence-electron chi connectivity index (χ1n) is 7.42. The molecule has 0 heterocycles. The summed E-state index contributed by atoms with van der Waals surface area (Å²) in [7, 11) is 0. The standard InChI is InChI=1S/C17H27NO2/c1-7-13(5)18-17(19)14(6)20-16-10-12(4)8-9-15(16)11(2)3/h8-11,13-14H,7H2,1-6H3,(H,18,19). The van der Waals surface area contributed by atoms with Crippen LogP contribution in [0.5, 0.6) is 5.75 Å². The molecule has 0 radical (unpaired) electrons. The second-order valence-corrected chi connectivity index (χ2v) is 5.77. The summed E-state index contributed by atoms with van der Waals surface area (Å²) < 4.78 is 5.88. The van der Waals surface area contributed by atoms with Crippen molar-refractivity contribution in [1.82, 2.24) is 5.32 Å². The van der Waals surface area contributed by atoms with Crippen LogP contribution in [0.2, 0.25) is 0 Å². The van der Waals surface area contributed by atoms with Gasteiger partial charge in [-0.15, -0.1) is 0 Å². The molecule has 1 N–H and O–H groups in total. The maximum atomic E-state index is 12.0. The van der Waals surface area contributed by atoms with Gasteiger partial charge in [0.15, 0.2) is 6.10 Å². The number of aryl methyl sites for hydroxylation is 1. The Morgan fingerprint density at radius 2 is 1.90 bits per heavy atom. The lowest BCUT2D eigenvalue weighted by Crippen LogP contribution is -2.41. The third-order valence-corrected chi connectivity index (χ3v) is 3.47. The van der Waals surface area contributed by atoms with Crippen molar-refractivity contribution in [3.63, 3.8) is 0 Å². The Hall–Kier alpha value is -1.51. The maximum Gasteiger partial charge on any atom is 0.260 e. The molecule has 3 heteroatoms. The molecular formula is C17H27NO2. The van der Waals surface area contributed by atoms with Crippen LogP contribution in [0.4, 0.5) is 0 Å². The number of carbonyl (C=O) groups excluding carboxylic acids is 1. The number of ether oxygens (including phenoxy) is 1. The highest BCUT2D eigenvalue weighted by Crippen LogP contribution is 2.28. The Balaban J connectivity index is 2.81. The van der Waals surface area contributed by atoms with E-state index in [0.29, 0.717) is 5.92 Å². The van der Waals surface area contributed by atoms with E-state index in [9.17, 15) is 4.79 Å². The summed E-state index contributed by atoms with van der Waals surface area (Å²) in [5.41, 5.74) is 2.28. The molecule has 1 amide bonds. The molecule has 0 aliphatic rings. The molecule has 0 aromatic heterocycles. The number of hydrogen-bond acceptors (Lipinski definition) is 2. The second kappa shape index (κ2) is 7.32. The lowest BCUT2D eigenvalue weighted by atomic mass is 10.0. The van der Waals surface area contributed by atoms with Crippen molar-refractivity contribution in [2.45, 2.75) is 66.0 Å². The summed E-state index contributed by atoms with van der Waals surface area (Å²) in [6.45, 7) is 12.1. The van der Waals surface area contributed by atoms with Crippen LogP contribution in [-0.2, 0) is 4.79 Å². The van der Waals surface area contributed by atoms with Crippen molar-refractivity contribution in [3.05, 3.63) is 29.3 Å². The van der Waals surface area contributed by atoms with Gasteiger partial charge in [-0.3, -0.25) is 4.79 Å². The third kappa shape index (κ3) is 4.55. The zero-order chi connectivity index (χ0) is 15.3. The van der Waals surface area contributed by atoms with E-state index < -0.39 is 6.10 Å². The Kier molecular flexibility index (Phi) is 6.05. The first kappa shape index (κ1) is 16.5. The Labute approximate surface area is 122 Å². The molecule has 20 heavy (non-hydrogen) atoms. The summed E-state index contributed by atoms with van der Waals surface area (Å²) in [5.74, 6) is 1.12. The summed E-state index contributed by atoms with van der Waals surface area (Å²) in [6, 6.07) is 6.33. The fourth-order valence-electron chi connectivity index (χ4n) is 1.93. The lowest BCUT2D eigenvalue weighted by molar-refractivity contribution is -0.127. The number of hydrogen-bond donors (Lipinski definition) is 1. The van der Waals surface area contributed by atoms with E-state index in [-0.39, 0.29) is 11.9 Å². The van der Waals surface area contributed by atoms with Crippen molar-refractivity contribution >= 4 is 5.91 Å². The Morgan fingerprint density at radius 3 is 2.45 bits per heavy atom. The maximum absolute atomic E-state index is 12.0. The van der Waals surface area contributed by atoms with E-state index in [2.05, 4.69) is 31.3 Å². The fourth-order valence-corrected chi connectivity index (χ4v) is 1.93. The van der Waals surface area contributed by atoms with Gasteiger partial charge < -0.3 is 10.1 Å². The van der Waals surface area contributed by atoms with E-state index in [1.54, 1.807) is 6.92 Å². The van der Waals surface area contributed by atoms with Crippen LogP contribution in [0, 0.1) is 6.92 Å². The van der Waals surface area contributed by atoms with Crippen molar-refractivity contribution < 1.29 is 9.53 Å². The van der Waals surface area contributed by atoms with Crippen molar-refractivity contribution in [3.8, 4) is 5.75 Å². The minimum absolute atomic E-state index is 0.0597. The van der Waals surface area contributed by atoms with Gasteiger partial charge in [0.25, 0.3) is 5.91 Å². The van der Waals surface area contributed by atoms with E-state index in [0.717, 1.165) is 23.3 Å². The van der Waals surface area contributed by atoms with Gasteiger partial charge >= 0.3 is 0 Å². The highest BCUT2D eigenvalue weighted by Gasteiger charge is 2.18. The van der Waals surface area contributed by atoms with Gasteiger partial charge in [0.2, 0.25) is 0 Å². The summed E-state index contributed by atoms with van der Waals surface area (Å²) in [4.78, 5) is 12.0. The monoisotopic (exact) mass is 277 g/mol. The number of amides is 1. The van der Waals surface area contributed by atoms with Crippen LogP contribution in [0.25, 0.3) is 0 Å². The van der Waals surface area contributed by atoms with Crippen LogP contribution in [0.3, 0.4) is 0 Å². The molecule has 0 fully saturated rings. The van der Waals surface area contributed by atoms with Gasteiger partial charge in [-0.05, 0) is 50.3 Å². The van der Waals surface area contributed by atoms with E-state index in [1.165, 1.54) is 0 Å². The molecule has 2 atom stereocenters. The molecule has 112 valence electrons. The van der Waals surface area contributed by atoms with Gasteiger partial charge in [0.05, 0.1) is 0 Å². The first-order chi connectivity index (χ1) is 9.35. The smallest absolute Gasteiger partial charge is 0.260 e. The Morgan fingerprint density at radius 1 is 1.25 bits per heavy atom. The summed E-state index contributed by atoms with van der Waals surface area (Å²) in [6.07, 6.45) is 0.434. The van der Waals surface area contributed by atoms with Crippen molar-refractivity contribution in [2.75, 3.05) is 0 Å². The van der Waals surface area contributed by atoms with Crippen LogP contribution >= 0.6 is 0 Å². The predicted octanol–water partition coefficient (Wildman–Crippen LogP) is 3.80. The van der Waals surface area contributed by atoms with Crippen LogP contribution in [0.1, 0.15) is 58.1 Å². The lowest BCUT2D eigenvalue weighted by Gasteiger charge is -2.21. The highest BCUT2D eigenvalue weighted by molar-refractivity contribution is 5.81. The van der Waals surface area contributed by atoms with Crippen LogP contribution in [0.15, 0.2) is 18.2 Å². The quantitative estimate of drug-likeness (QED) is 0.859. The summed E-state index contributed by atoms with van der Waals surface area (Å²) in [5, 5.41) is 2.95. The van der Waals surface area contributed by atoms with Gasteiger partial charge in [0.1, 0.15) is 5.75 Å². The zero-order valence-electron chi connectivity index (χ0n) is 13.5. The SMILES string of the molecule is CCC(C)NC(=O)C(C)Oc1cc(C)ccc1C(C)C. The molecule has 0 bridgehead atoms. The number of nitrogens with one attached hydrogen (secondary N) is 1. The van der Waals surface area contributed by atoms with Crippen molar-refractivity contribution in [2.24, 2.45) is 0 Å². The van der Waals surface area contributed by atoms with E-state index in [1.807, 2.05) is 26.8 Å². The largest absolute Gasteiger partial charge is 0.481 e. The molecule has 1 aromatic rings. The zero-order valence-corrected chi connectivity index (χ0v) is 13.5. The van der Waals surface area contributed by atoms with E-state index in [4.69, 9.17) is 4.74 Å². The molecule has 1 rings (SSSR count). The number of benzene rings is 1. The predicted molar refractivity (Wildman–Crippen MR) is 83.3 cm³/mol. The average molecular weight is 277 g/mol. The number of carbonyl (C=O) groups is 1. The summed E-state index contributed by atoms with van der Waals surface area (Å²) >= 11 is 0. The minimum atomic E-state index is -0.483. The Bertz CT molecular complexity index is 454. The molecular weight excluding hydrogens is 250 g/mol. The van der Waals surface area contributed by atoms with Crippen LogP contribution in [-0.4, -0.2) is 18.1 Å². The minimum Gasteiger partial charge on any atom is -0.481 e. The molecule has 0 saturated heterocycles. The van der Waals surface area contributed by atoms with Gasteiger partial charge in [-0.25, -0.2) is 0 Å². The average Bonchev–Trinajstić information content (AvgIpc) is 2.38. The second-order valence-electron chi connectivity index (χ2n) is 5.77. The molecule has 0 saturated carbocycles. The topological polar surface area (TPSA) is 38.3 Å². The molecule has 3 nitrogen and oxygen atoms in total.